The Morgan fingerprint density at radius 3 is 2.67 bits per heavy atom. The summed E-state index contributed by atoms with van der Waals surface area (Å²) in [6.45, 7) is 6.70. The van der Waals surface area contributed by atoms with Crippen molar-refractivity contribution in [2.24, 2.45) is 0 Å². The molecule has 9 heteroatoms. The lowest BCUT2D eigenvalue weighted by Crippen LogP contribution is -2.49. The maximum absolute atomic E-state index is 13.5. The Kier molecular flexibility index (Phi) is 4.62. The summed E-state index contributed by atoms with van der Waals surface area (Å²) in [5, 5.41) is 5.23. The molecule has 30 heavy (non-hydrogen) atoms. The van der Waals surface area contributed by atoms with Gasteiger partial charge in [0.15, 0.2) is 0 Å². The summed E-state index contributed by atoms with van der Waals surface area (Å²) in [4.78, 5) is 30.8. The predicted octanol–water partition coefficient (Wildman–Crippen LogP) is 2.35. The Labute approximate surface area is 177 Å². The van der Waals surface area contributed by atoms with Gasteiger partial charge in [-0.3, -0.25) is 4.79 Å². The van der Waals surface area contributed by atoms with Crippen LogP contribution in [0.4, 0.5) is 11.6 Å². The SMILES string of the molecule is Cc1oc2ncnc(NC3(C)CC3)c2c1C(=O)N1CCN(c2ncccc2P)CC1. The number of carbonyl (C=O) groups excluding carboxylic acids is 1. The van der Waals surface area contributed by atoms with Crippen molar-refractivity contribution in [2.45, 2.75) is 32.2 Å². The predicted molar refractivity (Wildman–Crippen MR) is 120 cm³/mol. The fourth-order valence-corrected chi connectivity index (χ4v) is 4.32. The van der Waals surface area contributed by atoms with Crippen molar-refractivity contribution in [1.29, 1.82) is 0 Å². The van der Waals surface area contributed by atoms with Crippen LogP contribution in [0.15, 0.2) is 29.1 Å². The first-order valence-electron chi connectivity index (χ1n) is 10.2. The molecule has 1 amide bonds. The van der Waals surface area contributed by atoms with E-state index in [0.717, 1.165) is 37.1 Å². The van der Waals surface area contributed by atoms with Crippen molar-refractivity contribution in [3.05, 3.63) is 36.0 Å². The Morgan fingerprint density at radius 1 is 1.20 bits per heavy atom. The van der Waals surface area contributed by atoms with Crippen LogP contribution in [-0.4, -0.2) is 57.5 Å². The van der Waals surface area contributed by atoms with E-state index in [4.69, 9.17) is 4.42 Å². The van der Waals surface area contributed by atoms with Crippen LogP contribution in [0.25, 0.3) is 11.1 Å². The maximum atomic E-state index is 13.5. The highest BCUT2D eigenvalue weighted by Crippen LogP contribution is 2.40. The minimum absolute atomic E-state index is 0.0307. The highest BCUT2D eigenvalue weighted by molar-refractivity contribution is 7.28. The minimum atomic E-state index is -0.0307. The molecule has 1 aliphatic heterocycles. The van der Waals surface area contributed by atoms with Gasteiger partial charge in [0.2, 0.25) is 5.71 Å². The van der Waals surface area contributed by atoms with Gasteiger partial charge in [0.05, 0.1) is 10.9 Å². The first-order chi connectivity index (χ1) is 14.5. The molecule has 0 spiro atoms. The molecule has 5 rings (SSSR count). The van der Waals surface area contributed by atoms with Crippen LogP contribution in [0.1, 0.15) is 35.9 Å². The quantitative estimate of drug-likeness (QED) is 0.644. The van der Waals surface area contributed by atoms with Gasteiger partial charge in [-0.1, -0.05) is 0 Å². The van der Waals surface area contributed by atoms with Crippen molar-refractivity contribution in [3.63, 3.8) is 0 Å². The number of fused-ring (bicyclic) bond motifs is 1. The van der Waals surface area contributed by atoms with Gasteiger partial charge in [0, 0.05) is 43.2 Å². The average molecular weight is 424 g/mol. The summed E-state index contributed by atoms with van der Waals surface area (Å²) in [5.74, 6) is 2.19. The van der Waals surface area contributed by atoms with Crippen LogP contribution in [-0.2, 0) is 0 Å². The van der Waals surface area contributed by atoms with Gasteiger partial charge < -0.3 is 19.5 Å². The van der Waals surface area contributed by atoms with Crippen molar-refractivity contribution < 1.29 is 9.21 Å². The highest BCUT2D eigenvalue weighted by atomic mass is 31.0. The Hall–Kier alpha value is -2.73. The van der Waals surface area contributed by atoms with E-state index < -0.39 is 0 Å². The Balaban J connectivity index is 1.40. The van der Waals surface area contributed by atoms with Gasteiger partial charge in [-0.05, 0) is 38.8 Å². The number of aryl methyl sites for hydroxylation is 1. The molecular formula is C21H25N6O2P. The highest BCUT2D eigenvalue weighted by Gasteiger charge is 2.39. The maximum Gasteiger partial charge on any atom is 0.258 e. The van der Waals surface area contributed by atoms with E-state index in [1.54, 1.807) is 6.20 Å². The molecule has 1 saturated carbocycles. The summed E-state index contributed by atoms with van der Waals surface area (Å²) >= 11 is 0. The second-order valence-electron chi connectivity index (χ2n) is 8.32. The van der Waals surface area contributed by atoms with Crippen LogP contribution in [0.5, 0.6) is 0 Å². The van der Waals surface area contributed by atoms with Gasteiger partial charge >= 0.3 is 0 Å². The molecule has 0 aromatic carbocycles. The topological polar surface area (TPSA) is 87.4 Å². The summed E-state index contributed by atoms with van der Waals surface area (Å²) in [6.07, 6.45) is 5.47. The van der Waals surface area contributed by atoms with E-state index in [-0.39, 0.29) is 11.4 Å². The molecule has 3 aromatic rings. The van der Waals surface area contributed by atoms with E-state index in [9.17, 15) is 4.79 Å². The molecule has 1 aliphatic carbocycles. The fourth-order valence-electron chi connectivity index (χ4n) is 3.95. The van der Waals surface area contributed by atoms with Crippen molar-refractivity contribution in [1.82, 2.24) is 19.9 Å². The summed E-state index contributed by atoms with van der Waals surface area (Å²) in [7, 11) is 2.73. The number of amides is 1. The normalized spacial score (nSPS) is 18.0. The number of nitrogens with zero attached hydrogens (tertiary/aromatic N) is 5. The zero-order valence-electron chi connectivity index (χ0n) is 17.2. The van der Waals surface area contributed by atoms with E-state index in [2.05, 4.69) is 41.3 Å². The number of carbonyl (C=O) groups is 1. The van der Waals surface area contributed by atoms with Crippen LogP contribution < -0.4 is 15.5 Å². The number of anilines is 2. The van der Waals surface area contributed by atoms with Crippen LogP contribution in [0, 0.1) is 6.92 Å². The van der Waals surface area contributed by atoms with Crippen LogP contribution >= 0.6 is 9.24 Å². The third kappa shape index (κ3) is 3.39. The van der Waals surface area contributed by atoms with E-state index >= 15 is 0 Å². The monoisotopic (exact) mass is 424 g/mol. The van der Waals surface area contributed by atoms with E-state index in [1.165, 1.54) is 6.33 Å². The standard InChI is InChI=1S/C21H25N6O2P/c1-13-15(16-17(25-21(2)5-6-21)23-12-24-19(16)29-13)20(28)27-10-8-26(9-11-27)18-14(30)4-3-7-22-18/h3-4,7,12H,5-6,8-11,30H2,1-2H3,(H,23,24,25). The molecule has 0 bridgehead atoms. The lowest BCUT2D eigenvalue weighted by molar-refractivity contribution is 0.0746. The fraction of sp³-hybridized carbons (Fsp3) is 0.429. The zero-order valence-corrected chi connectivity index (χ0v) is 18.3. The van der Waals surface area contributed by atoms with Crippen molar-refractivity contribution in [2.75, 3.05) is 36.4 Å². The molecule has 3 aromatic heterocycles. The molecule has 2 aliphatic rings. The molecule has 156 valence electrons. The number of rotatable bonds is 4. The van der Waals surface area contributed by atoms with E-state index in [1.807, 2.05) is 24.0 Å². The molecular weight excluding hydrogens is 399 g/mol. The Bertz CT molecular complexity index is 1120. The second-order valence-corrected chi connectivity index (χ2v) is 8.94. The number of aromatic nitrogens is 3. The van der Waals surface area contributed by atoms with Crippen molar-refractivity contribution >= 4 is 43.2 Å². The lowest BCUT2D eigenvalue weighted by atomic mass is 10.1. The molecule has 0 radical (unpaired) electrons. The van der Waals surface area contributed by atoms with Gasteiger partial charge in [-0.15, -0.1) is 9.24 Å². The Morgan fingerprint density at radius 2 is 1.97 bits per heavy atom. The number of furan rings is 1. The number of nitrogens with one attached hydrogen (secondary N) is 1. The number of hydrogen-bond donors (Lipinski definition) is 1. The third-order valence-corrected chi connectivity index (χ3v) is 6.43. The van der Waals surface area contributed by atoms with Gasteiger partial charge in [-0.25, -0.2) is 15.0 Å². The zero-order chi connectivity index (χ0) is 20.9. The molecule has 2 fully saturated rings. The molecule has 8 nitrogen and oxygen atoms in total. The number of pyridine rings is 1. The molecule has 1 N–H and O–H groups in total. The van der Waals surface area contributed by atoms with Gasteiger partial charge in [0.1, 0.15) is 23.7 Å². The van der Waals surface area contributed by atoms with Gasteiger partial charge in [-0.2, -0.15) is 0 Å². The largest absolute Gasteiger partial charge is 0.442 e. The number of piperazine rings is 1. The molecule has 4 heterocycles. The first kappa shape index (κ1) is 19.2. The summed E-state index contributed by atoms with van der Waals surface area (Å²) in [5.41, 5.74) is 1.06. The molecule has 1 atom stereocenters. The van der Waals surface area contributed by atoms with Crippen LogP contribution in [0.3, 0.4) is 0 Å². The van der Waals surface area contributed by atoms with Gasteiger partial charge in [0.25, 0.3) is 5.91 Å². The van der Waals surface area contributed by atoms with E-state index in [0.29, 0.717) is 41.3 Å². The molecule has 1 saturated heterocycles. The lowest BCUT2D eigenvalue weighted by Gasteiger charge is -2.36. The second kappa shape index (κ2) is 7.20. The number of hydrogen-bond acceptors (Lipinski definition) is 7. The van der Waals surface area contributed by atoms with Crippen molar-refractivity contribution in [3.8, 4) is 0 Å². The third-order valence-electron chi connectivity index (χ3n) is 5.98. The first-order valence-corrected chi connectivity index (χ1v) is 10.8. The summed E-state index contributed by atoms with van der Waals surface area (Å²) in [6, 6.07) is 3.95. The molecule has 1 unspecified atom stereocenters. The van der Waals surface area contributed by atoms with Crippen LogP contribution in [0.2, 0.25) is 0 Å². The minimum Gasteiger partial charge on any atom is -0.442 e. The average Bonchev–Trinajstić information content (AvgIpc) is 3.36. The summed E-state index contributed by atoms with van der Waals surface area (Å²) < 4.78 is 5.83. The smallest absolute Gasteiger partial charge is 0.258 e.